The third-order valence-electron chi connectivity index (χ3n) is 6.79. The summed E-state index contributed by atoms with van der Waals surface area (Å²) in [7, 11) is 0. The third-order valence-corrected chi connectivity index (χ3v) is 6.79. The largest absolute Gasteiger partial charge is 0.486 e. The maximum absolute atomic E-state index is 15.0. The van der Waals surface area contributed by atoms with E-state index in [1.807, 2.05) is 19.9 Å². The van der Waals surface area contributed by atoms with Crippen molar-refractivity contribution in [1.82, 2.24) is 15.3 Å². The lowest BCUT2D eigenvalue weighted by molar-refractivity contribution is 0.287. The molecule has 190 valence electrons. The van der Waals surface area contributed by atoms with Gasteiger partial charge in [-0.2, -0.15) is 0 Å². The molecule has 1 aromatic heterocycles. The molecule has 1 fully saturated rings. The van der Waals surface area contributed by atoms with Crippen LogP contribution < -0.4 is 25.6 Å². The van der Waals surface area contributed by atoms with Gasteiger partial charge < -0.3 is 25.6 Å². The number of halogens is 2. The molecule has 0 unspecified atom stereocenters. The third kappa shape index (κ3) is 4.85. The second-order valence-corrected chi connectivity index (χ2v) is 9.51. The van der Waals surface area contributed by atoms with E-state index in [9.17, 15) is 8.78 Å². The number of rotatable bonds is 6. The number of piperazine rings is 1. The van der Waals surface area contributed by atoms with Crippen LogP contribution in [0.15, 0.2) is 36.5 Å². The van der Waals surface area contributed by atoms with Gasteiger partial charge in [-0.15, -0.1) is 0 Å². The Bertz CT molecular complexity index is 1250. The van der Waals surface area contributed by atoms with Gasteiger partial charge in [0.25, 0.3) is 0 Å². The Labute approximate surface area is 210 Å². The molecule has 3 heterocycles. The zero-order valence-electron chi connectivity index (χ0n) is 20.7. The fourth-order valence-corrected chi connectivity index (χ4v) is 4.98. The van der Waals surface area contributed by atoms with Gasteiger partial charge in [0.1, 0.15) is 18.1 Å². The second-order valence-electron chi connectivity index (χ2n) is 9.51. The number of aromatic nitrogens is 2. The average Bonchev–Trinajstić information content (AvgIpc) is 2.89. The van der Waals surface area contributed by atoms with Gasteiger partial charge in [-0.1, -0.05) is 12.1 Å². The maximum atomic E-state index is 15.0. The van der Waals surface area contributed by atoms with Gasteiger partial charge in [-0.3, -0.25) is 0 Å². The Balaban J connectivity index is 1.45. The quantitative estimate of drug-likeness (QED) is 0.543. The number of ether oxygens (including phenoxy) is 1. The molecule has 3 N–H and O–H groups in total. The van der Waals surface area contributed by atoms with E-state index in [4.69, 9.17) is 10.5 Å². The second kappa shape index (κ2) is 10.4. The van der Waals surface area contributed by atoms with Crippen LogP contribution in [0, 0.1) is 11.6 Å². The number of nitrogens with two attached hydrogens (primary N) is 1. The van der Waals surface area contributed by atoms with E-state index >= 15 is 0 Å². The molecule has 1 saturated heterocycles. The van der Waals surface area contributed by atoms with E-state index in [1.54, 1.807) is 6.07 Å². The summed E-state index contributed by atoms with van der Waals surface area (Å²) in [5, 5.41) is 3.36. The molecular weight excluding hydrogens is 462 g/mol. The highest BCUT2D eigenvalue weighted by molar-refractivity contribution is 5.72. The summed E-state index contributed by atoms with van der Waals surface area (Å²) in [4.78, 5) is 13.1. The van der Waals surface area contributed by atoms with Crippen LogP contribution in [0.1, 0.15) is 30.8 Å². The van der Waals surface area contributed by atoms with E-state index in [1.165, 1.54) is 6.07 Å². The predicted octanol–water partition coefficient (Wildman–Crippen LogP) is 3.49. The van der Waals surface area contributed by atoms with Crippen molar-refractivity contribution in [1.29, 1.82) is 0 Å². The van der Waals surface area contributed by atoms with Crippen LogP contribution in [0.2, 0.25) is 0 Å². The highest BCUT2D eigenvalue weighted by Crippen LogP contribution is 2.39. The lowest BCUT2D eigenvalue weighted by Crippen LogP contribution is -2.44. The smallest absolute Gasteiger partial charge is 0.178 e. The van der Waals surface area contributed by atoms with Crippen LogP contribution in [0.25, 0.3) is 11.3 Å². The summed E-state index contributed by atoms with van der Waals surface area (Å²) < 4.78 is 35.4. The molecule has 0 radical (unpaired) electrons. The molecule has 9 heteroatoms. The van der Waals surface area contributed by atoms with Crippen molar-refractivity contribution >= 4 is 11.4 Å². The summed E-state index contributed by atoms with van der Waals surface area (Å²) in [6, 6.07) is 9.38. The zero-order chi connectivity index (χ0) is 25.2. The summed E-state index contributed by atoms with van der Waals surface area (Å²) >= 11 is 0. The first-order chi connectivity index (χ1) is 17.4. The van der Waals surface area contributed by atoms with E-state index in [2.05, 4.69) is 37.2 Å². The molecule has 0 bridgehead atoms. The molecule has 36 heavy (non-hydrogen) atoms. The zero-order valence-corrected chi connectivity index (χ0v) is 20.7. The lowest BCUT2D eigenvalue weighted by Gasteiger charge is -2.34. The molecule has 7 nitrogen and oxygen atoms in total. The normalized spacial score (nSPS) is 15.7. The first-order valence-corrected chi connectivity index (χ1v) is 12.5. The van der Waals surface area contributed by atoms with E-state index in [0.717, 1.165) is 49.2 Å². The van der Waals surface area contributed by atoms with Gasteiger partial charge >= 0.3 is 0 Å². The Morgan fingerprint density at radius 2 is 1.86 bits per heavy atom. The Kier molecular flexibility index (Phi) is 7.02. The number of nitrogens with one attached hydrogen (secondary N) is 1. The fraction of sp³-hybridized carbons (Fsp3) is 0.407. The number of fused-ring (bicyclic) bond motifs is 1. The van der Waals surface area contributed by atoms with Crippen molar-refractivity contribution < 1.29 is 13.5 Å². The minimum absolute atomic E-state index is 0.0764. The highest BCUT2D eigenvalue weighted by atomic mass is 19.1. The van der Waals surface area contributed by atoms with Gasteiger partial charge in [-0.25, -0.2) is 18.7 Å². The Hall–Kier alpha value is -3.30. The molecule has 2 aliphatic rings. The standard InChI is InChI=1S/C27H32F2N6O/c1-17(2)35-9-10-36-27-21(28)13-19(14-24(27)35)26-22(29)16-32-25(33-26)12-18-3-4-23(20(11-18)15-30)34-7-5-31-6-8-34/h3-4,11,13-14,16-17,31H,5-10,12,15,30H2,1-2H3. The van der Waals surface area contributed by atoms with Crippen LogP contribution in [-0.4, -0.2) is 55.3 Å². The minimum Gasteiger partial charge on any atom is -0.486 e. The summed E-state index contributed by atoms with van der Waals surface area (Å²) in [6.45, 7) is 9.30. The van der Waals surface area contributed by atoms with Gasteiger partial charge in [-0.05, 0) is 43.2 Å². The fourth-order valence-electron chi connectivity index (χ4n) is 4.98. The molecule has 2 aromatic carbocycles. The highest BCUT2D eigenvalue weighted by Gasteiger charge is 2.26. The summed E-state index contributed by atoms with van der Waals surface area (Å²) in [5.74, 6) is -0.460. The Morgan fingerprint density at radius 1 is 1.06 bits per heavy atom. The van der Waals surface area contributed by atoms with E-state index < -0.39 is 11.6 Å². The molecular formula is C27H32F2N6O. The van der Waals surface area contributed by atoms with Crippen LogP contribution in [0.4, 0.5) is 20.2 Å². The van der Waals surface area contributed by atoms with Crippen molar-refractivity contribution in [2.75, 3.05) is 49.1 Å². The number of hydrogen-bond acceptors (Lipinski definition) is 7. The van der Waals surface area contributed by atoms with Crippen LogP contribution in [0.3, 0.4) is 0 Å². The van der Waals surface area contributed by atoms with Crippen molar-refractivity contribution in [3.05, 3.63) is 65.1 Å². The van der Waals surface area contributed by atoms with Crippen molar-refractivity contribution in [2.45, 2.75) is 32.9 Å². The molecule has 0 saturated carbocycles. The molecule has 2 aliphatic heterocycles. The number of anilines is 2. The van der Waals surface area contributed by atoms with Gasteiger partial charge in [0.15, 0.2) is 17.4 Å². The van der Waals surface area contributed by atoms with E-state index in [0.29, 0.717) is 43.2 Å². The van der Waals surface area contributed by atoms with Crippen molar-refractivity contribution in [3.8, 4) is 17.0 Å². The topological polar surface area (TPSA) is 79.5 Å². The Morgan fingerprint density at radius 3 is 2.61 bits per heavy atom. The van der Waals surface area contributed by atoms with Crippen molar-refractivity contribution in [3.63, 3.8) is 0 Å². The monoisotopic (exact) mass is 494 g/mol. The first-order valence-electron chi connectivity index (χ1n) is 12.5. The first kappa shape index (κ1) is 24.4. The minimum atomic E-state index is -0.595. The lowest BCUT2D eigenvalue weighted by atomic mass is 10.0. The molecule has 0 atom stereocenters. The van der Waals surface area contributed by atoms with Gasteiger partial charge in [0.05, 0.1) is 18.4 Å². The summed E-state index contributed by atoms with van der Waals surface area (Å²) in [5.41, 5.74) is 10.3. The van der Waals surface area contributed by atoms with Crippen molar-refractivity contribution in [2.24, 2.45) is 5.73 Å². The van der Waals surface area contributed by atoms with Gasteiger partial charge in [0, 0.05) is 56.4 Å². The molecule has 0 spiro atoms. The molecule has 3 aromatic rings. The number of nitrogens with zero attached hydrogens (tertiary/aromatic N) is 4. The number of hydrogen-bond donors (Lipinski definition) is 2. The summed E-state index contributed by atoms with van der Waals surface area (Å²) in [6.07, 6.45) is 1.57. The molecule has 0 aliphatic carbocycles. The van der Waals surface area contributed by atoms with Crippen LogP contribution in [0.5, 0.6) is 5.75 Å². The van der Waals surface area contributed by atoms with Crippen LogP contribution >= 0.6 is 0 Å². The number of benzene rings is 2. The van der Waals surface area contributed by atoms with Crippen LogP contribution in [-0.2, 0) is 13.0 Å². The SMILES string of the molecule is CC(C)N1CCOc2c(F)cc(-c3nc(Cc4ccc(N5CCNCC5)c(CN)c4)ncc3F)cc21. The molecule has 5 rings (SSSR count). The molecule has 0 amide bonds. The average molecular weight is 495 g/mol. The van der Waals surface area contributed by atoms with Gasteiger partial charge in [0.2, 0.25) is 0 Å². The van der Waals surface area contributed by atoms with E-state index in [-0.39, 0.29) is 17.5 Å². The maximum Gasteiger partial charge on any atom is 0.178 e. The predicted molar refractivity (Wildman–Crippen MR) is 138 cm³/mol.